The minimum atomic E-state index is -0.443. The van der Waals surface area contributed by atoms with Crippen molar-refractivity contribution in [2.24, 2.45) is 5.41 Å². The number of ether oxygens (including phenoxy) is 1. The van der Waals surface area contributed by atoms with Crippen LogP contribution in [0.15, 0.2) is 41.3 Å². The lowest BCUT2D eigenvalue weighted by atomic mass is 9.72. The van der Waals surface area contributed by atoms with Crippen LogP contribution in [0.1, 0.15) is 77.0 Å². The fraction of sp³-hybridized carbons (Fsp3) is 0.500. The summed E-state index contributed by atoms with van der Waals surface area (Å²) in [7, 11) is 0. The number of carbonyl (C=O) groups excluding carboxylic acids is 1. The molecule has 4 heteroatoms. The molecule has 1 aromatic heterocycles. The van der Waals surface area contributed by atoms with E-state index in [2.05, 4.69) is 42.9 Å². The van der Waals surface area contributed by atoms with Gasteiger partial charge in [-0.05, 0) is 69.6 Å². The molecule has 1 aromatic rings. The second kappa shape index (κ2) is 8.43. The first-order chi connectivity index (χ1) is 12.2. The highest BCUT2D eigenvalue weighted by Gasteiger charge is 2.26. The smallest absolute Gasteiger partial charge is 0.358 e. The molecule has 4 nitrogen and oxygen atoms in total. The summed E-state index contributed by atoms with van der Waals surface area (Å²) < 4.78 is 5.12. The molecule has 1 heterocycles. The normalized spacial score (nSPS) is 17.9. The molecule has 26 heavy (non-hydrogen) atoms. The third-order valence-corrected chi connectivity index (χ3v) is 4.65. The van der Waals surface area contributed by atoms with Gasteiger partial charge in [0, 0.05) is 0 Å². The average Bonchev–Trinajstić information content (AvgIpc) is 2.53. The van der Waals surface area contributed by atoms with Crippen molar-refractivity contribution in [3.8, 4) is 0 Å². The van der Waals surface area contributed by atoms with Crippen LogP contribution in [0, 0.1) is 5.41 Å². The minimum absolute atomic E-state index is 0.168. The van der Waals surface area contributed by atoms with Gasteiger partial charge in [0.1, 0.15) is 0 Å². The van der Waals surface area contributed by atoms with E-state index in [0.717, 1.165) is 11.3 Å². The summed E-state index contributed by atoms with van der Waals surface area (Å²) in [6.45, 7) is 12.5. The predicted octanol–water partition coefficient (Wildman–Crippen LogP) is 5.53. The Morgan fingerprint density at radius 1 is 1.27 bits per heavy atom. The summed E-state index contributed by atoms with van der Waals surface area (Å²) in [5.74, 6) is -0.443. The topological polar surface area (TPSA) is 52.1 Å². The number of aromatic nitrogens is 2. The van der Waals surface area contributed by atoms with Gasteiger partial charge in [0.25, 0.3) is 0 Å². The summed E-state index contributed by atoms with van der Waals surface area (Å²) in [6, 6.07) is 0. The number of hydrogen-bond acceptors (Lipinski definition) is 4. The number of allylic oxidation sites excluding steroid dienone is 5. The van der Waals surface area contributed by atoms with Crippen molar-refractivity contribution in [1.29, 1.82) is 0 Å². The zero-order chi connectivity index (χ0) is 19.3. The molecule has 0 fully saturated rings. The van der Waals surface area contributed by atoms with E-state index in [9.17, 15) is 4.79 Å². The molecule has 0 saturated carbocycles. The van der Waals surface area contributed by atoms with E-state index in [1.54, 1.807) is 6.20 Å². The summed E-state index contributed by atoms with van der Waals surface area (Å²) in [5, 5.41) is 0. The average molecular weight is 354 g/mol. The van der Waals surface area contributed by atoms with Gasteiger partial charge in [0.2, 0.25) is 0 Å². The lowest BCUT2D eigenvalue weighted by Gasteiger charge is -2.32. The van der Waals surface area contributed by atoms with Gasteiger partial charge < -0.3 is 4.74 Å². The molecule has 0 aliphatic heterocycles. The Hall–Kier alpha value is -2.23. The van der Waals surface area contributed by atoms with Crippen LogP contribution < -0.4 is 0 Å². The van der Waals surface area contributed by atoms with Crippen LogP contribution in [0.3, 0.4) is 0 Å². The molecule has 2 rings (SSSR count). The standard InChI is InChI=1S/C22H30N2O2/c1-15(2)26-21(25)20-14-23-18(13-24-20)12-16(3)9-10-19-17(4)8-7-11-22(19,5)6/h9-10,12-15H,7-8,11H2,1-6H3/b10-9?,16-12+. The number of carbonyl (C=O) groups is 1. The van der Waals surface area contributed by atoms with Crippen molar-refractivity contribution in [2.75, 3.05) is 0 Å². The highest BCUT2D eigenvalue weighted by molar-refractivity contribution is 5.87. The molecule has 140 valence electrons. The predicted molar refractivity (Wildman–Crippen MR) is 106 cm³/mol. The molecule has 1 aliphatic carbocycles. The fourth-order valence-corrected chi connectivity index (χ4v) is 3.30. The second-order valence-corrected chi connectivity index (χ2v) is 7.93. The maximum absolute atomic E-state index is 11.8. The number of esters is 1. The van der Waals surface area contributed by atoms with Crippen LogP contribution in [0.2, 0.25) is 0 Å². The van der Waals surface area contributed by atoms with Gasteiger partial charge in [-0.1, -0.05) is 31.6 Å². The van der Waals surface area contributed by atoms with Gasteiger partial charge in [0.15, 0.2) is 5.69 Å². The molecule has 0 atom stereocenters. The third-order valence-electron chi connectivity index (χ3n) is 4.65. The first kappa shape index (κ1) is 20.1. The van der Waals surface area contributed by atoms with Gasteiger partial charge in [-0.15, -0.1) is 0 Å². The van der Waals surface area contributed by atoms with E-state index in [1.807, 2.05) is 26.8 Å². The highest BCUT2D eigenvalue weighted by Crippen LogP contribution is 2.40. The molecule has 0 spiro atoms. The molecular formula is C22H30N2O2. The van der Waals surface area contributed by atoms with Crippen molar-refractivity contribution in [2.45, 2.75) is 66.9 Å². The Morgan fingerprint density at radius 3 is 2.58 bits per heavy atom. The van der Waals surface area contributed by atoms with E-state index in [-0.39, 0.29) is 17.2 Å². The fourth-order valence-electron chi connectivity index (χ4n) is 3.30. The van der Waals surface area contributed by atoms with Gasteiger partial charge in [0.05, 0.1) is 24.2 Å². The maximum atomic E-state index is 11.8. The zero-order valence-corrected chi connectivity index (χ0v) is 16.8. The number of rotatable bonds is 5. The summed E-state index contributed by atoms with van der Waals surface area (Å²) in [4.78, 5) is 20.3. The number of nitrogens with zero attached hydrogens (tertiary/aromatic N) is 2. The molecule has 0 unspecified atom stereocenters. The van der Waals surface area contributed by atoms with E-state index >= 15 is 0 Å². The molecule has 1 aliphatic rings. The lowest BCUT2D eigenvalue weighted by molar-refractivity contribution is 0.0370. The van der Waals surface area contributed by atoms with Crippen molar-refractivity contribution in [1.82, 2.24) is 9.97 Å². The van der Waals surface area contributed by atoms with Crippen molar-refractivity contribution in [3.63, 3.8) is 0 Å². The largest absolute Gasteiger partial charge is 0.458 e. The molecule has 0 amide bonds. The Bertz CT molecular complexity index is 738. The first-order valence-corrected chi connectivity index (χ1v) is 9.28. The maximum Gasteiger partial charge on any atom is 0.358 e. The second-order valence-electron chi connectivity index (χ2n) is 7.93. The van der Waals surface area contributed by atoms with Crippen molar-refractivity contribution in [3.05, 3.63) is 52.7 Å². The van der Waals surface area contributed by atoms with E-state index in [0.29, 0.717) is 0 Å². The Morgan fingerprint density at radius 2 is 2.00 bits per heavy atom. The van der Waals surface area contributed by atoms with Gasteiger partial charge in [-0.2, -0.15) is 0 Å². The molecular weight excluding hydrogens is 324 g/mol. The minimum Gasteiger partial charge on any atom is -0.458 e. The quantitative estimate of drug-likeness (QED) is 0.515. The van der Waals surface area contributed by atoms with Gasteiger partial charge in [-0.25, -0.2) is 9.78 Å². The van der Waals surface area contributed by atoms with E-state index < -0.39 is 5.97 Å². The van der Waals surface area contributed by atoms with Crippen molar-refractivity contribution < 1.29 is 9.53 Å². The Kier molecular flexibility index (Phi) is 6.52. The summed E-state index contributed by atoms with van der Waals surface area (Å²) in [6.07, 6.45) is 12.9. The van der Waals surface area contributed by atoms with Crippen LogP contribution in [0.5, 0.6) is 0 Å². The first-order valence-electron chi connectivity index (χ1n) is 9.28. The van der Waals surface area contributed by atoms with E-state index in [1.165, 1.54) is 36.6 Å². The van der Waals surface area contributed by atoms with Crippen LogP contribution >= 0.6 is 0 Å². The van der Waals surface area contributed by atoms with Crippen LogP contribution in [-0.4, -0.2) is 22.0 Å². The Labute approximate surface area is 157 Å². The highest BCUT2D eigenvalue weighted by atomic mass is 16.5. The summed E-state index contributed by atoms with van der Waals surface area (Å²) in [5.41, 5.74) is 5.21. The number of hydrogen-bond donors (Lipinski definition) is 0. The monoisotopic (exact) mass is 354 g/mol. The molecule has 0 radical (unpaired) electrons. The summed E-state index contributed by atoms with van der Waals surface area (Å²) >= 11 is 0. The van der Waals surface area contributed by atoms with Crippen LogP contribution in [0.25, 0.3) is 6.08 Å². The van der Waals surface area contributed by atoms with Crippen LogP contribution in [-0.2, 0) is 4.74 Å². The van der Waals surface area contributed by atoms with Gasteiger partial charge >= 0.3 is 5.97 Å². The van der Waals surface area contributed by atoms with Crippen LogP contribution in [0.4, 0.5) is 0 Å². The van der Waals surface area contributed by atoms with E-state index in [4.69, 9.17) is 4.74 Å². The molecule has 0 N–H and O–H groups in total. The lowest BCUT2D eigenvalue weighted by Crippen LogP contribution is -2.19. The molecule has 0 bridgehead atoms. The Balaban J connectivity index is 2.11. The van der Waals surface area contributed by atoms with Crippen molar-refractivity contribution >= 4 is 12.0 Å². The third kappa shape index (κ3) is 5.38. The van der Waals surface area contributed by atoms with Gasteiger partial charge in [-0.3, -0.25) is 4.98 Å². The SMILES string of the molecule is CC1=C(C=C/C(C)=C/c2cnc(C(=O)OC(C)C)cn2)C(C)(C)CCC1. The molecule has 0 saturated heterocycles. The molecule has 0 aromatic carbocycles. The zero-order valence-electron chi connectivity index (χ0n) is 16.8.